The highest BCUT2D eigenvalue weighted by Gasteiger charge is 2.20. The van der Waals surface area contributed by atoms with Gasteiger partial charge in [-0.2, -0.15) is 0 Å². The second-order valence-corrected chi connectivity index (χ2v) is 6.01. The number of hydrogen-bond donors (Lipinski definition) is 2. The lowest BCUT2D eigenvalue weighted by Gasteiger charge is -2.15. The Morgan fingerprint density at radius 2 is 1.52 bits per heavy atom. The summed E-state index contributed by atoms with van der Waals surface area (Å²) in [4.78, 5) is 23.7. The standard InChI is InChI=1S/C21H19NO3/c23-20(14-16-10-11-17-8-4-5-9-18(17)12-16)22-19(21(24)25)13-15-6-2-1-3-7-15/h1-12,19H,13-14H2,(H,22,23)(H,24,25)/t19-/m0/s1. The summed E-state index contributed by atoms with van der Waals surface area (Å²) in [7, 11) is 0. The van der Waals surface area contributed by atoms with Crippen molar-refractivity contribution in [3.05, 3.63) is 83.9 Å². The zero-order valence-corrected chi connectivity index (χ0v) is 13.7. The summed E-state index contributed by atoms with van der Waals surface area (Å²) in [5.74, 6) is -1.32. The van der Waals surface area contributed by atoms with Crippen LogP contribution >= 0.6 is 0 Å². The molecule has 0 aliphatic carbocycles. The van der Waals surface area contributed by atoms with E-state index in [2.05, 4.69) is 5.32 Å². The molecule has 0 saturated carbocycles. The van der Waals surface area contributed by atoms with Gasteiger partial charge in [0, 0.05) is 6.42 Å². The number of fused-ring (bicyclic) bond motifs is 1. The Bertz CT molecular complexity index is 890. The van der Waals surface area contributed by atoms with Crippen LogP contribution in [-0.4, -0.2) is 23.0 Å². The van der Waals surface area contributed by atoms with E-state index in [0.717, 1.165) is 21.9 Å². The van der Waals surface area contributed by atoms with Gasteiger partial charge in [0.15, 0.2) is 0 Å². The van der Waals surface area contributed by atoms with E-state index >= 15 is 0 Å². The smallest absolute Gasteiger partial charge is 0.326 e. The van der Waals surface area contributed by atoms with E-state index in [1.807, 2.05) is 72.8 Å². The SMILES string of the molecule is O=C(Cc1ccc2ccccc2c1)N[C@@H](Cc1ccccc1)C(=O)O. The largest absolute Gasteiger partial charge is 0.480 e. The van der Waals surface area contributed by atoms with Crippen molar-refractivity contribution in [3.63, 3.8) is 0 Å². The minimum absolute atomic E-state index is 0.156. The zero-order valence-electron chi connectivity index (χ0n) is 13.7. The van der Waals surface area contributed by atoms with Gasteiger partial charge >= 0.3 is 5.97 Å². The summed E-state index contributed by atoms with van der Waals surface area (Å²) < 4.78 is 0. The fourth-order valence-electron chi connectivity index (χ4n) is 2.83. The molecule has 0 bridgehead atoms. The van der Waals surface area contributed by atoms with Crippen LogP contribution in [0.1, 0.15) is 11.1 Å². The summed E-state index contributed by atoms with van der Waals surface area (Å²) in [5, 5.41) is 14.2. The quantitative estimate of drug-likeness (QED) is 0.728. The number of nitrogens with one attached hydrogen (secondary N) is 1. The number of rotatable bonds is 6. The monoisotopic (exact) mass is 333 g/mol. The molecular formula is C21H19NO3. The first-order chi connectivity index (χ1) is 12.1. The zero-order chi connectivity index (χ0) is 17.6. The van der Waals surface area contributed by atoms with Gasteiger partial charge in [-0.05, 0) is 21.9 Å². The molecule has 0 spiro atoms. The molecule has 4 heteroatoms. The Balaban J connectivity index is 1.67. The van der Waals surface area contributed by atoms with Crippen LogP contribution in [0.2, 0.25) is 0 Å². The molecule has 0 radical (unpaired) electrons. The maximum absolute atomic E-state index is 12.3. The number of amides is 1. The molecular weight excluding hydrogens is 314 g/mol. The number of carboxylic acid groups (broad SMARTS) is 1. The molecule has 3 aromatic rings. The lowest BCUT2D eigenvalue weighted by atomic mass is 10.0. The van der Waals surface area contributed by atoms with E-state index < -0.39 is 12.0 Å². The van der Waals surface area contributed by atoms with Crippen molar-refractivity contribution in [3.8, 4) is 0 Å². The average molecular weight is 333 g/mol. The summed E-state index contributed by atoms with van der Waals surface area (Å²) >= 11 is 0. The molecule has 1 amide bonds. The maximum Gasteiger partial charge on any atom is 0.326 e. The van der Waals surface area contributed by atoms with Crippen LogP contribution < -0.4 is 5.32 Å². The topological polar surface area (TPSA) is 66.4 Å². The predicted molar refractivity (Wildman–Crippen MR) is 97.4 cm³/mol. The van der Waals surface area contributed by atoms with Crippen molar-refractivity contribution in [2.75, 3.05) is 0 Å². The molecule has 126 valence electrons. The molecule has 3 aromatic carbocycles. The number of hydrogen-bond acceptors (Lipinski definition) is 2. The van der Waals surface area contributed by atoms with E-state index in [1.54, 1.807) is 0 Å². The first kappa shape index (κ1) is 16.7. The highest BCUT2D eigenvalue weighted by Crippen LogP contribution is 2.16. The number of benzene rings is 3. The van der Waals surface area contributed by atoms with E-state index in [4.69, 9.17) is 0 Å². The van der Waals surface area contributed by atoms with E-state index in [-0.39, 0.29) is 18.7 Å². The lowest BCUT2D eigenvalue weighted by Crippen LogP contribution is -2.43. The molecule has 3 rings (SSSR count). The van der Waals surface area contributed by atoms with Crippen molar-refractivity contribution >= 4 is 22.6 Å². The minimum atomic E-state index is -1.03. The number of aliphatic carboxylic acids is 1. The van der Waals surface area contributed by atoms with E-state index in [1.165, 1.54) is 0 Å². The van der Waals surface area contributed by atoms with Crippen LogP contribution in [0.4, 0.5) is 0 Å². The van der Waals surface area contributed by atoms with Crippen molar-refractivity contribution < 1.29 is 14.7 Å². The maximum atomic E-state index is 12.3. The van der Waals surface area contributed by atoms with Gasteiger partial charge in [-0.1, -0.05) is 72.8 Å². The summed E-state index contributed by atoms with van der Waals surface area (Å²) in [6, 6.07) is 22.1. The fourth-order valence-corrected chi connectivity index (χ4v) is 2.83. The number of carbonyl (C=O) groups excluding carboxylic acids is 1. The normalized spacial score (nSPS) is 11.8. The second-order valence-electron chi connectivity index (χ2n) is 6.01. The van der Waals surface area contributed by atoms with Crippen LogP contribution in [0.15, 0.2) is 72.8 Å². The van der Waals surface area contributed by atoms with E-state index in [0.29, 0.717) is 0 Å². The van der Waals surface area contributed by atoms with Gasteiger partial charge in [-0.3, -0.25) is 4.79 Å². The van der Waals surface area contributed by atoms with Gasteiger partial charge in [-0.25, -0.2) is 4.79 Å². The molecule has 4 nitrogen and oxygen atoms in total. The van der Waals surface area contributed by atoms with Gasteiger partial charge in [0.25, 0.3) is 0 Å². The van der Waals surface area contributed by atoms with Crippen molar-refractivity contribution in [1.29, 1.82) is 0 Å². The van der Waals surface area contributed by atoms with E-state index in [9.17, 15) is 14.7 Å². The molecule has 0 saturated heterocycles. The van der Waals surface area contributed by atoms with Gasteiger partial charge in [-0.15, -0.1) is 0 Å². The highest BCUT2D eigenvalue weighted by atomic mass is 16.4. The van der Waals surface area contributed by atoms with Crippen molar-refractivity contribution in [2.24, 2.45) is 0 Å². The van der Waals surface area contributed by atoms with Crippen LogP contribution in [-0.2, 0) is 22.4 Å². The van der Waals surface area contributed by atoms with Gasteiger partial charge in [0.1, 0.15) is 6.04 Å². The van der Waals surface area contributed by atoms with Gasteiger partial charge in [0.05, 0.1) is 6.42 Å². The van der Waals surface area contributed by atoms with Gasteiger partial charge in [0.2, 0.25) is 5.91 Å². The highest BCUT2D eigenvalue weighted by molar-refractivity contribution is 5.87. The average Bonchev–Trinajstić information content (AvgIpc) is 2.62. The van der Waals surface area contributed by atoms with Crippen molar-refractivity contribution in [2.45, 2.75) is 18.9 Å². The van der Waals surface area contributed by atoms with Crippen LogP contribution in [0.25, 0.3) is 10.8 Å². The fraction of sp³-hybridized carbons (Fsp3) is 0.143. The van der Waals surface area contributed by atoms with Crippen molar-refractivity contribution in [1.82, 2.24) is 5.32 Å². The Morgan fingerprint density at radius 3 is 2.24 bits per heavy atom. The molecule has 0 aliphatic rings. The molecule has 0 fully saturated rings. The summed E-state index contributed by atoms with van der Waals surface area (Å²) in [5.41, 5.74) is 1.74. The van der Waals surface area contributed by atoms with Crippen LogP contribution in [0, 0.1) is 0 Å². The molecule has 0 unspecified atom stereocenters. The molecule has 2 N–H and O–H groups in total. The Morgan fingerprint density at radius 1 is 0.840 bits per heavy atom. The molecule has 0 aliphatic heterocycles. The second kappa shape index (κ2) is 7.62. The Labute approximate surface area is 146 Å². The van der Waals surface area contributed by atoms with Crippen LogP contribution in [0.5, 0.6) is 0 Å². The summed E-state index contributed by atoms with van der Waals surface area (Å²) in [6.45, 7) is 0. The first-order valence-electron chi connectivity index (χ1n) is 8.15. The Hall–Kier alpha value is -3.14. The minimum Gasteiger partial charge on any atom is -0.480 e. The molecule has 0 heterocycles. The number of carbonyl (C=O) groups is 2. The van der Waals surface area contributed by atoms with Gasteiger partial charge < -0.3 is 10.4 Å². The predicted octanol–water partition coefficient (Wildman–Crippen LogP) is 3.19. The van der Waals surface area contributed by atoms with Crippen LogP contribution in [0.3, 0.4) is 0 Å². The molecule has 0 aromatic heterocycles. The third kappa shape index (κ3) is 4.44. The third-order valence-corrected chi connectivity index (χ3v) is 4.09. The molecule has 25 heavy (non-hydrogen) atoms. The summed E-state index contributed by atoms with van der Waals surface area (Å²) in [6.07, 6.45) is 0.420. The third-order valence-electron chi connectivity index (χ3n) is 4.09. The number of carboxylic acids is 1. The Kier molecular flexibility index (Phi) is 5.09. The molecule has 1 atom stereocenters. The lowest BCUT2D eigenvalue weighted by molar-refractivity contribution is -0.141. The first-order valence-corrected chi connectivity index (χ1v) is 8.15.